The molecule has 0 heterocycles. The van der Waals surface area contributed by atoms with Crippen molar-refractivity contribution in [2.45, 2.75) is 0 Å². The molecule has 2 aromatic rings. The van der Waals surface area contributed by atoms with Gasteiger partial charge in [-0.15, -0.1) is 0 Å². The Morgan fingerprint density at radius 2 is 1.70 bits per heavy atom. The monoisotopic (exact) mass is 349 g/mol. The maximum atomic E-state index is 5.64. The first kappa shape index (κ1) is 14.8. The van der Waals surface area contributed by atoms with Gasteiger partial charge in [0.2, 0.25) is 0 Å². The molecule has 0 fully saturated rings. The molecule has 2 rings (SSSR count). The number of benzene rings is 2. The zero-order valence-corrected chi connectivity index (χ0v) is 13.8. The van der Waals surface area contributed by atoms with Gasteiger partial charge in [0.25, 0.3) is 0 Å². The van der Waals surface area contributed by atoms with Crippen molar-refractivity contribution in [2.75, 3.05) is 24.3 Å². The number of thiocarbonyl (C=S) groups is 1. The Balaban J connectivity index is 2.17. The van der Waals surface area contributed by atoms with E-state index in [0.717, 1.165) is 21.4 Å². The molecule has 0 aliphatic rings. The molecular weight excluding hydrogens is 334 g/mol. The minimum absolute atomic E-state index is 0.388. The number of nitrogens with two attached hydrogens (primary N) is 1. The molecule has 5 heteroatoms. The quantitative estimate of drug-likeness (QED) is 0.821. The van der Waals surface area contributed by atoms with E-state index in [2.05, 4.69) is 38.3 Å². The lowest BCUT2D eigenvalue weighted by Crippen LogP contribution is -2.10. The molecule has 0 saturated carbocycles. The topological polar surface area (TPSA) is 41.3 Å². The number of rotatable bonds is 4. The van der Waals surface area contributed by atoms with Gasteiger partial charge in [0.15, 0.2) is 0 Å². The van der Waals surface area contributed by atoms with Gasteiger partial charge in [0.05, 0.1) is 0 Å². The summed E-state index contributed by atoms with van der Waals surface area (Å²) >= 11 is 8.46. The minimum atomic E-state index is 0.388. The van der Waals surface area contributed by atoms with E-state index >= 15 is 0 Å². The molecule has 0 aliphatic heterocycles. The molecule has 3 nitrogen and oxygen atoms in total. The van der Waals surface area contributed by atoms with Crippen molar-refractivity contribution < 1.29 is 0 Å². The van der Waals surface area contributed by atoms with Crippen molar-refractivity contribution in [1.29, 1.82) is 0 Å². The highest BCUT2D eigenvalue weighted by Gasteiger charge is 2.04. The maximum Gasteiger partial charge on any atom is 0.105 e. The SMILES string of the molecule is CN(C)c1ccc(Nc2ccc(C(N)=S)c(Br)c2)cc1. The normalized spacial score (nSPS) is 10.2. The average molecular weight is 350 g/mol. The Bertz CT molecular complexity index is 624. The van der Waals surface area contributed by atoms with Gasteiger partial charge in [-0.25, -0.2) is 0 Å². The standard InChI is InChI=1S/C15H16BrN3S/c1-19(2)12-6-3-10(4-7-12)18-11-5-8-13(15(17)20)14(16)9-11/h3-9,18H,1-2H3,(H2,17,20). The van der Waals surface area contributed by atoms with Crippen molar-refractivity contribution in [3.8, 4) is 0 Å². The average Bonchev–Trinajstić information content (AvgIpc) is 2.39. The second kappa shape index (κ2) is 6.24. The van der Waals surface area contributed by atoms with Gasteiger partial charge < -0.3 is 16.0 Å². The van der Waals surface area contributed by atoms with E-state index in [1.807, 2.05) is 44.4 Å². The summed E-state index contributed by atoms with van der Waals surface area (Å²) in [7, 11) is 4.04. The van der Waals surface area contributed by atoms with Gasteiger partial charge in [0, 0.05) is 41.2 Å². The third-order valence-corrected chi connectivity index (χ3v) is 3.78. The first-order chi connectivity index (χ1) is 9.47. The van der Waals surface area contributed by atoms with Crippen LogP contribution in [0.1, 0.15) is 5.56 Å². The van der Waals surface area contributed by atoms with E-state index in [-0.39, 0.29) is 0 Å². The third kappa shape index (κ3) is 3.49. The van der Waals surface area contributed by atoms with E-state index in [9.17, 15) is 0 Å². The summed E-state index contributed by atoms with van der Waals surface area (Å²) in [5.41, 5.74) is 9.66. The number of hydrogen-bond acceptors (Lipinski definition) is 3. The van der Waals surface area contributed by atoms with Gasteiger partial charge in [-0.05, 0) is 58.4 Å². The maximum absolute atomic E-state index is 5.64. The van der Waals surface area contributed by atoms with Crippen LogP contribution in [0.15, 0.2) is 46.9 Å². The summed E-state index contributed by atoms with van der Waals surface area (Å²) in [5, 5.41) is 3.34. The van der Waals surface area contributed by atoms with Crippen LogP contribution in [0, 0.1) is 0 Å². The number of anilines is 3. The fraction of sp³-hybridized carbons (Fsp3) is 0.133. The number of nitrogens with one attached hydrogen (secondary N) is 1. The molecule has 0 unspecified atom stereocenters. The molecule has 20 heavy (non-hydrogen) atoms. The molecule has 104 valence electrons. The second-order valence-corrected chi connectivity index (χ2v) is 5.92. The minimum Gasteiger partial charge on any atom is -0.389 e. The van der Waals surface area contributed by atoms with Crippen LogP contribution in [0.25, 0.3) is 0 Å². The van der Waals surface area contributed by atoms with Gasteiger partial charge in [-0.3, -0.25) is 0 Å². The summed E-state index contributed by atoms with van der Waals surface area (Å²) in [4.78, 5) is 2.45. The first-order valence-electron chi connectivity index (χ1n) is 6.11. The predicted molar refractivity (Wildman–Crippen MR) is 94.1 cm³/mol. The van der Waals surface area contributed by atoms with Crippen molar-refractivity contribution >= 4 is 50.2 Å². The molecule has 0 radical (unpaired) electrons. The van der Waals surface area contributed by atoms with Crippen LogP contribution >= 0.6 is 28.1 Å². The molecule has 0 saturated heterocycles. The molecule has 0 amide bonds. The Kier molecular flexibility index (Phi) is 4.62. The molecule has 0 spiro atoms. The predicted octanol–water partition coefficient (Wildman–Crippen LogP) is 3.89. The Morgan fingerprint density at radius 3 is 2.20 bits per heavy atom. The molecule has 3 N–H and O–H groups in total. The van der Waals surface area contributed by atoms with Crippen LogP contribution in [0.3, 0.4) is 0 Å². The molecule has 2 aromatic carbocycles. The summed E-state index contributed by atoms with van der Waals surface area (Å²) in [6.07, 6.45) is 0. The molecule has 0 bridgehead atoms. The zero-order chi connectivity index (χ0) is 14.7. The van der Waals surface area contributed by atoms with Gasteiger partial charge in [-0.1, -0.05) is 12.2 Å². The van der Waals surface area contributed by atoms with Crippen LogP contribution < -0.4 is 16.0 Å². The van der Waals surface area contributed by atoms with E-state index in [1.165, 1.54) is 5.69 Å². The largest absolute Gasteiger partial charge is 0.389 e. The van der Waals surface area contributed by atoms with Crippen LogP contribution in [-0.2, 0) is 0 Å². The fourth-order valence-corrected chi connectivity index (χ4v) is 2.70. The van der Waals surface area contributed by atoms with Crippen molar-refractivity contribution in [3.63, 3.8) is 0 Å². The highest BCUT2D eigenvalue weighted by Crippen LogP contribution is 2.25. The lowest BCUT2D eigenvalue weighted by molar-refractivity contribution is 1.13. The van der Waals surface area contributed by atoms with Crippen LogP contribution in [0.5, 0.6) is 0 Å². The Hall–Kier alpha value is -1.59. The van der Waals surface area contributed by atoms with Gasteiger partial charge in [-0.2, -0.15) is 0 Å². The summed E-state index contributed by atoms with van der Waals surface area (Å²) in [6.45, 7) is 0. The van der Waals surface area contributed by atoms with Crippen LogP contribution in [-0.4, -0.2) is 19.1 Å². The van der Waals surface area contributed by atoms with Crippen molar-refractivity contribution in [3.05, 3.63) is 52.5 Å². The summed E-state index contributed by atoms with van der Waals surface area (Å²) in [5.74, 6) is 0. The molecular formula is C15H16BrN3S. The fourth-order valence-electron chi connectivity index (χ4n) is 1.80. The molecule has 0 aliphatic carbocycles. The van der Waals surface area contributed by atoms with E-state index in [4.69, 9.17) is 18.0 Å². The summed E-state index contributed by atoms with van der Waals surface area (Å²) < 4.78 is 0.889. The van der Waals surface area contributed by atoms with Crippen molar-refractivity contribution in [1.82, 2.24) is 0 Å². The lowest BCUT2D eigenvalue weighted by Gasteiger charge is -2.14. The van der Waals surface area contributed by atoms with Gasteiger partial charge >= 0.3 is 0 Å². The third-order valence-electron chi connectivity index (χ3n) is 2.91. The second-order valence-electron chi connectivity index (χ2n) is 4.63. The Morgan fingerprint density at radius 1 is 1.10 bits per heavy atom. The van der Waals surface area contributed by atoms with E-state index in [1.54, 1.807) is 0 Å². The number of hydrogen-bond donors (Lipinski definition) is 2. The van der Waals surface area contributed by atoms with E-state index < -0.39 is 0 Å². The van der Waals surface area contributed by atoms with Crippen molar-refractivity contribution in [2.24, 2.45) is 5.73 Å². The molecule has 0 aromatic heterocycles. The number of nitrogens with zero attached hydrogens (tertiary/aromatic N) is 1. The lowest BCUT2D eigenvalue weighted by atomic mass is 10.2. The highest BCUT2D eigenvalue weighted by molar-refractivity contribution is 9.10. The van der Waals surface area contributed by atoms with Crippen LogP contribution in [0.2, 0.25) is 0 Å². The first-order valence-corrected chi connectivity index (χ1v) is 7.31. The molecule has 0 atom stereocenters. The smallest absolute Gasteiger partial charge is 0.105 e. The number of halogens is 1. The van der Waals surface area contributed by atoms with E-state index in [0.29, 0.717) is 4.99 Å². The highest BCUT2D eigenvalue weighted by atomic mass is 79.9. The van der Waals surface area contributed by atoms with Gasteiger partial charge in [0.1, 0.15) is 4.99 Å². The summed E-state index contributed by atoms with van der Waals surface area (Å²) in [6, 6.07) is 14.1. The Labute approximate surface area is 132 Å². The zero-order valence-electron chi connectivity index (χ0n) is 11.4. The van der Waals surface area contributed by atoms with Crippen LogP contribution in [0.4, 0.5) is 17.1 Å².